The van der Waals surface area contributed by atoms with Gasteiger partial charge in [0.15, 0.2) is 0 Å². The summed E-state index contributed by atoms with van der Waals surface area (Å²) >= 11 is 1.05. The Bertz CT molecular complexity index is 1110. The lowest BCUT2D eigenvalue weighted by molar-refractivity contribution is -0.128. The largest absolute Gasteiger partial charge is 0.385 e. The summed E-state index contributed by atoms with van der Waals surface area (Å²) in [6.45, 7) is 0. The molecule has 2 aromatic carbocycles. The highest BCUT2D eigenvalue weighted by atomic mass is 32.2. The van der Waals surface area contributed by atoms with Crippen LogP contribution in [0.2, 0.25) is 0 Å². The molecule has 3 aromatic rings. The Kier molecular flexibility index (Phi) is 5.29. The van der Waals surface area contributed by atoms with Crippen molar-refractivity contribution in [2.75, 3.05) is 7.05 Å². The fraction of sp³-hybridized carbons (Fsp3) is 0.227. The Balaban J connectivity index is 1.66. The summed E-state index contributed by atoms with van der Waals surface area (Å²) in [5.41, 5.74) is 0.989. The lowest BCUT2D eigenvalue weighted by Gasteiger charge is -2.29. The van der Waals surface area contributed by atoms with Crippen molar-refractivity contribution in [1.29, 1.82) is 0 Å². The van der Waals surface area contributed by atoms with E-state index < -0.39 is 22.0 Å². The SMILES string of the molecule is CN1C(=O)C[C@H](c2ccccc2)[C@@H]1C(O)c1ccc(S(=O)(=O)c2ccccc2)s1. The molecule has 1 unspecified atom stereocenters. The monoisotopic (exact) mass is 427 g/mol. The molecule has 0 aliphatic carbocycles. The molecule has 150 valence electrons. The number of carbonyl (C=O) groups is 1. The molecule has 1 N–H and O–H groups in total. The minimum absolute atomic E-state index is 0.0309. The number of likely N-dealkylation sites (tertiary alicyclic amines) is 1. The summed E-state index contributed by atoms with van der Waals surface area (Å²) < 4.78 is 25.9. The van der Waals surface area contributed by atoms with Crippen LogP contribution in [0.1, 0.15) is 28.9 Å². The van der Waals surface area contributed by atoms with Crippen LogP contribution in [0.3, 0.4) is 0 Å². The number of benzene rings is 2. The highest BCUT2D eigenvalue weighted by Crippen LogP contribution is 2.42. The van der Waals surface area contributed by atoms with E-state index in [1.165, 1.54) is 6.07 Å². The molecule has 0 saturated carbocycles. The third kappa shape index (κ3) is 3.61. The molecule has 0 bridgehead atoms. The van der Waals surface area contributed by atoms with Gasteiger partial charge in [-0.2, -0.15) is 0 Å². The molecule has 0 spiro atoms. The van der Waals surface area contributed by atoms with Crippen LogP contribution in [0, 0.1) is 0 Å². The first-order valence-corrected chi connectivity index (χ1v) is 11.6. The first-order valence-electron chi connectivity index (χ1n) is 9.28. The Morgan fingerprint density at radius 3 is 2.28 bits per heavy atom. The molecule has 29 heavy (non-hydrogen) atoms. The average Bonchev–Trinajstić information content (AvgIpc) is 3.35. The first kappa shape index (κ1) is 19.8. The number of rotatable bonds is 5. The number of thiophene rings is 1. The van der Waals surface area contributed by atoms with Crippen LogP contribution < -0.4 is 0 Å². The average molecular weight is 428 g/mol. The number of carbonyl (C=O) groups excluding carboxylic acids is 1. The van der Waals surface area contributed by atoms with E-state index in [4.69, 9.17) is 0 Å². The smallest absolute Gasteiger partial charge is 0.223 e. The van der Waals surface area contributed by atoms with Gasteiger partial charge in [0.25, 0.3) is 0 Å². The lowest BCUT2D eigenvalue weighted by atomic mass is 9.88. The molecule has 1 amide bonds. The molecule has 1 aromatic heterocycles. The van der Waals surface area contributed by atoms with Crippen LogP contribution in [0.15, 0.2) is 81.9 Å². The van der Waals surface area contributed by atoms with Gasteiger partial charge in [0.2, 0.25) is 15.7 Å². The topological polar surface area (TPSA) is 74.7 Å². The van der Waals surface area contributed by atoms with Crippen LogP contribution in [-0.2, 0) is 14.6 Å². The molecule has 2 heterocycles. The summed E-state index contributed by atoms with van der Waals surface area (Å²) in [4.78, 5) is 14.7. The zero-order valence-corrected chi connectivity index (χ0v) is 17.4. The minimum atomic E-state index is -3.64. The molecule has 4 rings (SSSR count). The van der Waals surface area contributed by atoms with Crippen LogP contribution in [0.25, 0.3) is 0 Å². The van der Waals surface area contributed by atoms with E-state index in [2.05, 4.69) is 0 Å². The van der Waals surface area contributed by atoms with Gasteiger partial charge in [0, 0.05) is 24.3 Å². The highest BCUT2D eigenvalue weighted by Gasteiger charge is 2.43. The van der Waals surface area contributed by atoms with Gasteiger partial charge in [-0.15, -0.1) is 11.3 Å². The van der Waals surface area contributed by atoms with E-state index >= 15 is 0 Å². The zero-order chi connectivity index (χ0) is 20.6. The van der Waals surface area contributed by atoms with E-state index in [0.29, 0.717) is 11.3 Å². The van der Waals surface area contributed by atoms with Crippen molar-refractivity contribution in [3.8, 4) is 0 Å². The van der Waals surface area contributed by atoms with Gasteiger partial charge in [0.05, 0.1) is 10.9 Å². The van der Waals surface area contributed by atoms with Gasteiger partial charge < -0.3 is 10.0 Å². The number of aliphatic hydroxyl groups excluding tert-OH is 1. The van der Waals surface area contributed by atoms with E-state index in [1.807, 2.05) is 30.3 Å². The van der Waals surface area contributed by atoms with Crippen molar-refractivity contribution >= 4 is 27.1 Å². The molecule has 1 aliphatic rings. The minimum Gasteiger partial charge on any atom is -0.385 e. The Morgan fingerprint density at radius 2 is 1.62 bits per heavy atom. The first-order chi connectivity index (χ1) is 13.9. The number of hydrogen-bond donors (Lipinski definition) is 1. The maximum Gasteiger partial charge on any atom is 0.223 e. The maximum absolute atomic E-state index is 12.9. The number of sulfone groups is 1. The predicted molar refractivity (Wildman–Crippen MR) is 112 cm³/mol. The van der Waals surface area contributed by atoms with Gasteiger partial charge in [0.1, 0.15) is 10.3 Å². The van der Waals surface area contributed by atoms with Gasteiger partial charge in [-0.3, -0.25) is 4.79 Å². The van der Waals surface area contributed by atoms with Crippen LogP contribution in [0.5, 0.6) is 0 Å². The quantitative estimate of drug-likeness (QED) is 0.675. The Labute approximate surface area is 174 Å². The van der Waals surface area contributed by atoms with E-state index in [9.17, 15) is 18.3 Å². The molecule has 3 atom stereocenters. The molecule has 7 heteroatoms. The van der Waals surface area contributed by atoms with Gasteiger partial charge in [-0.05, 0) is 29.8 Å². The third-order valence-corrected chi connectivity index (χ3v) is 8.83. The zero-order valence-electron chi connectivity index (χ0n) is 15.8. The van der Waals surface area contributed by atoms with Crippen molar-refractivity contribution in [2.24, 2.45) is 0 Å². The fourth-order valence-electron chi connectivity index (χ4n) is 3.86. The molecule has 1 fully saturated rings. The summed E-state index contributed by atoms with van der Waals surface area (Å²) in [6.07, 6.45) is -0.649. The van der Waals surface area contributed by atoms with Gasteiger partial charge in [-0.1, -0.05) is 48.5 Å². The number of aliphatic hydroxyl groups is 1. The second-order valence-corrected chi connectivity index (χ2v) is 10.4. The van der Waals surface area contributed by atoms with Crippen molar-refractivity contribution < 1.29 is 18.3 Å². The van der Waals surface area contributed by atoms with Crippen LogP contribution in [-0.4, -0.2) is 37.4 Å². The highest BCUT2D eigenvalue weighted by molar-refractivity contribution is 7.93. The van der Waals surface area contributed by atoms with Crippen molar-refractivity contribution in [1.82, 2.24) is 4.90 Å². The molecule has 1 saturated heterocycles. The van der Waals surface area contributed by atoms with Gasteiger partial charge >= 0.3 is 0 Å². The second-order valence-electron chi connectivity index (χ2n) is 7.13. The lowest BCUT2D eigenvalue weighted by Crippen LogP contribution is -2.36. The molecule has 0 radical (unpaired) electrons. The number of hydrogen-bond acceptors (Lipinski definition) is 5. The number of amides is 1. The number of likely N-dealkylation sites (N-methyl/N-ethyl adjacent to an activating group) is 1. The Morgan fingerprint density at radius 1 is 1.00 bits per heavy atom. The van der Waals surface area contributed by atoms with Crippen molar-refractivity contribution in [3.63, 3.8) is 0 Å². The summed E-state index contributed by atoms with van der Waals surface area (Å²) in [5, 5.41) is 11.1. The van der Waals surface area contributed by atoms with E-state index in [0.717, 1.165) is 16.9 Å². The van der Waals surface area contributed by atoms with Crippen molar-refractivity contribution in [2.45, 2.75) is 33.6 Å². The third-order valence-electron chi connectivity index (χ3n) is 5.41. The summed E-state index contributed by atoms with van der Waals surface area (Å²) in [6, 6.07) is 20.6. The Hall–Kier alpha value is -2.48. The van der Waals surface area contributed by atoms with Gasteiger partial charge in [-0.25, -0.2) is 8.42 Å². The standard InChI is InChI=1S/C22H21NO4S2/c1-23-19(24)14-17(15-8-4-2-5-9-15)21(23)22(25)18-12-13-20(28-18)29(26,27)16-10-6-3-7-11-16/h2-13,17,21-22,25H,14H2,1H3/t17-,21-,22?/m1/s1. The molecular formula is C22H21NO4S2. The fourth-order valence-corrected chi connectivity index (χ4v) is 6.63. The van der Waals surface area contributed by atoms with Crippen LogP contribution in [0.4, 0.5) is 0 Å². The summed E-state index contributed by atoms with van der Waals surface area (Å²) in [7, 11) is -1.95. The van der Waals surface area contributed by atoms with E-state index in [-0.39, 0.29) is 20.9 Å². The molecular weight excluding hydrogens is 406 g/mol. The van der Waals surface area contributed by atoms with E-state index in [1.54, 1.807) is 48.3 Å². The number of nitrogens with zero attached hydrogens (tertiary/aromatic N) is 1. The van der Waals surface area contributed by atoms with Crippen molar-refractivity contribution in [3.05, 3.63) is 83.2 Å². The normalized spacial score (nSPS) is 20.8. The van der Waals surface area contributed by atoms with Crippen LogP contribution >= 0.6 is 11.3 Å². The second kappa shape index (κ2) is 7.74. The predicted octanol–water partition coefficient (Wildman–Crippen LogP) is 3.63. The summed E-state index contributed by atoms with van der Waals surface area (Å²) in [5.74, 6) is -0.184. The maximum atomic E-state index is 12.9. The molecule has 1 aliphatic heterocycles. The molecule has 5 nitrogen and oxygen atoms in total.